The number of benzene rings is 1. The second-order valence-electron chi connectivity index (χ2n) is 6.22. The van der Waals surface area contributed by atoms with E-state index in [0.717, 1.165) is 25.5 Å². The standard InChI is InChI=1S/C18H21N5/c1-22(18-6-8-19-13-21-18)15-7-9-23(12-15)11-14-10-20-17-5-3-2-4-16(14)17/h2-6,8,10,13,15,20H,7,9,11-12H2,1H3. The lowest BCUT2D eigenvalue weighted by Gasteiger charge is -2.25. The second kappa shape index (κ2) is 6.01. The quantitative estimate of drug-likeness (QED) is 0.805. The summed E-state index contributed by atoms with van der Waals surface area (Å²) in [5, 5.41) is 1.33. The van der Waals surface area contributed by atoms with Crippen LogP contribution in [0.25, 0.3) is 10.9 Å². The first kappa shape index (κ1) is 14.2. The lowest BCUT2D eigenvalue weighted by atomic mass is 10.1. The summed E-state index contributed by atoms with van der Waals surface area (Å²) >= 11 is 0. The third-order valence-corrected chi connectivity index (χ3v) is 4.79. The molecule has 5 nitrogen and oxygen atoms in total. The van der Waals surface area contributed by atoms with E-state index in [2.05, 4.69) is 62.3 Å². The molecule has 3 heterocycles. The molecule has 1 aliphatic rings. The third kappa shape index (κ3) is 2.80. The molecule has 1 N–H and O–H groups in total. The van der Waals surface area contributed by atoms with Gasteiger partial charge in [0.1, 0.15) is 12.1 Å². The highest BCUT2D eigenvalue weighted by Crippen LogP contribution is 2.24. The Morgan fingerprint density at radius 3 is 3.09 bits per heavy atom. The zero-order valence-electron chi connectivity index (χ0n) is 13.3. The van der Waals surface area contributed by atoms with E-state index in [1.807, 2.05) is 6.07 Å². The van der Waals surface area contributed by atoms with Crippen molar-refractivity contribution in [2.75, 3.05) is 25.0 Å². The molecule has 1 saturated heterocycles. The number of anilines is 1. The molecular weight excluding hydrogens is 286 g/mol. The molecule has 118 valence electrons. The lowest BCUT2D eigenvalue weighted by molar-refractivity contribution is 0.327. The van der Waals surface area contributed by atoms with Gasteiger partial charge in [-0.15, -0.1) is 0 Å². The molecule has 0 amide bonds. The topological polar surface area (TPSA) is 48.1 Å². The van der Waals surface area contributed by atoms with Crippen LogP contribution < -0.4 is 4.90 Å². The molecule has 0 spiro atoms. The fourth-order valence-electron chi connectivity index (χ4n) is 3.45. The number of nitrogens with one attached hydrogen (secondary N) is 1. The first-order chi connectivity index (χ1) is 11.3. The fourth-order valence-corrected chi connectivity index (χ4v) is 3.45. The van der Waals surface area contributed by atoms with Crippen LogP contribution in [0.2, 0.25) is 0 Å². The number of rotatable bonds is 4. The SMILES string of the molecule is CN(c1ccncn1)C1CCN(Cc2c[nH]c3ccccc23)C1. The Kier molecular flexibility index (Phi) is 3.71. The van der Waals surface area contributed by atoms with Gasteiger partial charge in [-0.2, -0.15) is 0 Å². The largest absolute Gasteiger partial charge is 0.361 e. The molecule has 23 heavy (non-hydrogen) atoms. The van der Waals surface area contributed by atoms with Crippen molar-refractivity contribution in [3.05, 3.63) is 54.6 Å². The number of aromatic nitrogens is 3. The molecule has 5 heteroatoms. The maximum absolute atomic E-state index is 4.36. The Morgan fingerprint density at radius 1 is 1.30 bits per heavy atom. The van der Waals surface area contributed by atoms with Gasteiger partial charge in [0.2, 0.25) is 0 Å². The minimum atomic E-state index is 0.509. The van der Waals surface area contributed by atoms with Crippen molar-refractivity contribution in [2.24, 2.45) is 0 Å². The molecule has 1 fully saturated rings. The number of para-hydroxylation sites is 1. The van der Waals surface area contributed by atoms with Gasteiger partial charge in [-0.3, -0.25) is 4.90 Å². The van der Waals surface area contributed by atoms with Crippen LogP contribution in [-0.2, 0) is 6.54 Å². The number of aromatic amines is 1. The van der Waals surface area contributed by atoms with Crippen LogP contribution in [0.1, 0.15) is 12.0 Å². The van der Waals surface area contributed by atoms with Gasteiger partial charge in [0.15, 0.2) is 0 Å². The van der Waals surface area contributed by atoms with E-state index in [1.54, 1.807) is 12.5 Å². The molecule has 0 saturated carbocycles. The summed E-state index contributed by atoms with van der Waals surface area (Å²) in [6.07, 6.45) is 6.73. The summed E-state index contributed by atoms with van der Waals surface area (Å²) in [4.78, 5) is 16.5. The van der Waals surface area contributed by atoms with Crippen LogP contribution in [0.5, 0.6) is 0 Å². The number of hydrogen-bond acceptors (Lipinski definition) is 4. The molecule has 0 bridgehead atoms. The van der Waals surface area contributed by atoms with Gasteiger partial charge >= 0.3 is 0 Å². The molecule has 1 aromatic carbocycles. The molecule has 3 aromatic rings. The van der Waals surface area contributed by atoms with Gasteiger partial charge in [0.05, 0.1) is 0 Å². The van der Waals surface area contributed by atoms with Crippen LogP contribution in [0.3, 0.4) is 0 Å². The Morgan fingerprint density at radius 2 is 2.22 bits per heavy atom. The monoisotopic (exact) mass is 307 g/mol. The average molecular weight is 307 g/mol. The van der Waals surface area contributed by atoms with E-state index in [4.69, 9.17) is 0 Å². The summed E-state index contributed by atoms with van der Waals surface area (Å²) in [5.41, 5.74) is 2.60. The molecule has 1 unspecified atom stereocenters. The number of likely N-dealkylation sites (N-methyl/N-ethyl adjacent to an activating group) is 1. The summed E-state index contributed by atoms with van der Waals surface area (Å²) in [5.74, 6) is 0.999. The van der Waals surface area contributed by atoms with Crippen molar-refractivity contribution in [1.29, 1.82) is 0 Å². The Hall–Kier alpha value is -2.40. The van der Waals surface area contributed by atoms with Gasteiger partial charge in [0.25, 0.3) is 0 Å². The maximum Gasteiger partial charge on any atom is 0.131 e. The van der Waals surface area contributed by atoms with E-state index >= 15 is 0 Å². The van der Waals surface area contributed by atoms with E-state index in [0.29, 0.717) is 6.04 Å². The average Bonchev–Trinajstić information content (AvgIpc) is 3.23. The van der Waals surface area contributed by atoms with Crippen molar-refractivity contribution in [2.45, 2.75) is 19.0 Å². The number of likely N-dealkylation sites (tertiary alicyclic amines) is 1. The van der Waals surface area contributed by atoms with Crippen LogP contribution in [-0.4, -0.2) is 46.0 Å². The van der Waals surface area contributed by atoms with E-state index < -0.39 is 0 Å². The van der Waals surface area contributed by atoms with Crippen molar-refractivity contribution < 1.29 is 0 Å². The zero-order chi connectivity index (χ0) is 15.6. The van der Waals surface area contributed by atoms with Crippen molar-refractivity contribution in [1.82, 2.24) is 19.9 Å². The second-order valence-corrected chi connectivity index (χ2v) is 6.22. The van der Waals surface area contributed by atoms with Crippen molar-refractivity contribution in [3.63, 3.8) is 0 Å². The predicted molar refractivity (Wildman–Crippen MR) is 92.4 cm³/mol. The molecule has 0 aliphatic carbocycles. The van der Waals surface area contributed by atoms with Gasteiger partial charge in [-0.1, -0.05) is 18.2 Å². The smallest absolute Gasteiger partial charge is 0.131 e. The molecule has 1 atom stereocenters. The normalized spacial score (nSPS) is 18.6. The summed E-state index contributed by atoms with van der Waals surface area (Å²) < 4.78 is 0. The maximum atomic E-state index is 4.36. The number of hydrogen-bond donors (Lipinski definition) is 1. The highest BCUT2D eigenvalue weighted by molar-refractivity contribution is 5.82. The molecule has 0 radical (unpaired) electrons. The molecule has 1 aliphatic heterocycles. The Balaban J connectivity index is 1.44. The number of H-pyrrole nitrogens is 1. The molecular formula is C18H21N5. The van der Waals surface area contributed by atoms with E-state index in [1.165, 1.54) is 22.9 Å². The predicted octanol–water partition coefficient (Wildman–Crippen LogP) is 2.67. The highest BCUT2D eigenvalue weighted by atomic mass is 15.3. The van der Waals surface area contributed by atoms with Gasteiger partial charge in [0, 0.05) is 56.0 Å². The Labute approximate surface area is 136 Å². The van der Waals surface area contributed by atoms with E-state index in [-0.39, 0.29) is 0 Å². The van der Waals surface area contributed by atoms with Gasteiger partial charge in [-0.25, -0.2) is 9.97 Å². The molecule has 4 rings (SSSR count). The fraction of sp³-hybridized carbons (Fsp3) is 0.333. The van der Waals surface area contributed by atoms with Gasteiger partial charge < -0.3 is 9.88 Å². The van der Waals surface area contributed by atoms with Crippen LogP contribution in [0, 0.1) is 0 Å². The first-order valence-corrected chi connectivity index (χ1v) is 8.07. The van der Waals surface area contributed by atoms with E-state index in [9.17, 15) is 0 Å². The summed E-state index contributed by atoms with van der Waals surface area (Å²) in [7, 11) is 2.13. The van der Waals surface area contributed by atoms with Crippen LogP contribution in [0.4, 0.5) is 5.82 Å². The van der Waals surface area contributed by atoms with Crippen molar-refractivity contribution >= 4 is 16.7 Å². The zero-order valence-corrected chi connectivity index (χ0v) is 13.3. The summed E-state index contributed by atoms with van der Waals surface area (Å²) in [6, 6.07) is 11.0. The molecule has 2 aromatic heterocycles. The van der Waals surface area contributed by atoms with Crippen LogP contribution in [0.15, 0.2) is 49.1 Å². The number of nitrogens with zero attached hydrogens (tertiary/aromatic N) is 4. The highest BCUT2D eigenvalue weighted by Gasteiger charge is 2.26. The third-order valence-electron chi connectivity index (χ3n) is 4.79. The lowest BCUT2D eigenvalue weighted by Crippen LogP contribution is -2.34. The van der Waals surface area contributed by atoms with Gasteiger partial charge in [-0.05, 0) is 24.1 Å². The van der Waals surface area contributed by atoms with Crippen molar-refractivity contribution in [3.8, 4) is 0 Å². The minimum absolute atomic E-state index is 0.509. The minimum Gasteiger partial charge on any atom is -0.361 e. The number of fused-ring (bicyclic) bond motifs is 1. The first-order valence-electron chi connectivity index (χ1n) is 8.07. The summed E-state index contributed by atoms with van der Waals surface area (Å²) in [6.45, 7) is 3.19. The Bertz CT molecular complexity index is 782. The van der Waals surface area contributed by atoms with Crippen LogP contribution >= 0.6 is 0 Å².